The Kier molecular flexibility index (Phi) is 5.19. The molecule has 1 saturated carbocycles. The van der Waals surface area contributed by atoms with Crippen LogP contribution in [0.15, 0.2) is 18.2 Å². The number of fused-ring (bicyclic) bond motifs is 1. The van der Waals surface area contributed by atoms with Gasteiger partial charge in [-0.25, -0.2) is 4.79 Å². The molecule has 1 fully saturated rings. The number of carbonyl (C=O) groups is 2. The smallest absolute Gasteiger partial charge is 0.335 e. The number of benzene rings is 1. The molecule has 1 heterocycles. The van der Waals surface area contributed by atoms with Crippen LogP contribution in [-0.2, 0) is 22.5 Å². The second-order valence-corrected chi connectivity index (χ2v) is 6.74. The van der Waals surface area contributed by atoms with Gasteiger partial charge in [-0.1, -0.05) is 25.8 Å². The van der Waals surface area contributed by atoms with Crippen molar-refractivity contribution >= 4 is 11.9 Å². The van der Waals surface area contributed by atoms with Gasteiger partial charge in [-0.05, 0) is 48.9 Å². The van der Waals surface area contributed by atoms with E-state index >= 15 is 0 Å². The number of carboxylic acid groups (broad SMARTS) is 1. The van der Waals surface area contributed by atoms with E-state index in [0.29, 0.717) is 19.5 Å². The first-order valence-electron chi connectivity index (χ1n) is 8.87. The topological polar surface area (TPSA) is 66.8 Å². The van der Waals surface area contributed by atoms with Crippen LogP contribution in [0.2, 0.25) is 0 Å². The molecule has 24 heavy (non-hydrogen) atoms. The van der Waals surface area contributed by atoms with Gasteiger partial charge < -0.3 is 14.7 Å². The lowest BCUT2D eigenvalue weighted by atomic mass is 9.97. The summed E-state index contributed by atoms with van der Waals surface area (Å²) in [5, 5.41) is 9.15. The molecule has 1 unspecified atom stereocenters. The molecule has 5 heteroatoms. The van der Waals surface area contributed by atoms with E-state index in [-0.39, 0.29) is 23.7 Å². The second kappa shape index (κ2) is 7.34. The number of rotatable bonds is 5. The van der Waals surface area contributed by atoms with Gasteiger partial charge in [-0.15, -0.1) is 0 Å². The van der Waals surface area contributed by atoms with Gasteiger partial charge in [-0.3, -0.25) is 4.79 Å². The Labute approximate surface area is 142 Å². The van der Waals surface area contributed by atoms with Crippen molar-refractivity contribution in [1.29, 1.82) is 0 Å². The summed E-state index contributed by atoms with van der Waals surface area (Å²) in [7, 11) is 0. The highest BCUT2D eigenvalue weighted by Gasteiger charge is 2.30. The lowest BCUT2D eigenvalue weighted by Gasteiger charge is -2.32. The van der Waals surface area contributed by atoms with Crippen LogP contribution in [0.25, 0.3) is 0 Å². The maximum absolute atomic E-state index is 12.8. The third-order valence-electron chi connectivity index (χ3n) is 5.08. The average molecular weight is 331 g/mol. The highest BCUT2D eigenvalue weighted by Crippen LogP contribution is 2.25. The molecule has 0 aromatic heterocycles. The van der Waals surface area contributed by atoms with Crippen LogP contribution in [0.3, 0.4) is 0 Å². The van der Waals surface area contributed by atoms with Gasteiger partial charge in [0.05, 0.1) is 11.7 Å². The molecule has 3 rings (SSSR count). The summed E-state index contributed by atoms with van der Waals surface area (Å²) in [6, 6.07) is 5.19. The van der Waals surface area contributed by atoms with E-state index in [9.17, 15) is 9.59 Å². The van der Waals surface area contributed by atoms with E-state index in [1.54, 1.807) is 12.1 Å². The summed E-state index contributed by atoms with van der Waals surface area (Å²) in [5.41, 5.74) is 2.34. The minimum absolute atomic E-state index is 0.0378. The Balaban J connectivity index is 1.69. The number of nitrogens with zero attached hydrogens (tertiary/aromatic N) is 1. The van der Waals surface area contributed by atoms with Gasteiger partial charge >= 0.3 is 5.97 Å². The standard InChI is InChI=1S/C19H25NO4/c1-2-17(24-16-5-3-4-6-16)18(21)20-10-9-13-7-8-14(19(22)23)11-15(13)12-20/h7-8,11,16-17H,2-6,9-10,12H2,1H3,(H,22,23). The molecule has 2 aliphatic rings. The summed E-state index contributed by atoms with van der Waals surface area (Å²) in [6.45, 7) is 3.13. The Morgan fingerprint density at radius 1 is 1.29 bits per heavy atom. The predicted octanol–water partition coefficient (Wildman–Crippen LogP) is 3.01. The van der Waals surface area contributed by atoms with Gasteiger partial charge in [-0.2, -0.15) is 0 Å². The second-order valence-electron chi connectivity index (χ2n) is 6.74. The molecule has 0 spiro atoms. The van der Waals surface area contributed by atoms with Crippen LogP contribution >= 0.6 is 0 Å². The van der Waals surface area contributed by atoms with E-state index in [0.717, 1.165) is 30.4 Å². The molecule has 130 valence electrons. The maximum atomic E-state index is 12.8. The molecule has 0 radical (unpaired) electrons. The Hall–Kier alpha value is -1.88. The maximum Gasteiger partial charge on any atom is 0.335 e. The molecule has 1 aliphatic carbocycles. The van der Waals surface area contributed by atoms with Crippen LogP contribution in [0, 0.1) is 0 Å². The van der Waals surface area contributed by atoms with Gasteiger partial charge in [0.15, 0.2) is 0 Å². The molecule has 1 amide bonds. The first kappa shape index (κ1) is 17.0. The third-order valence-corrected chi connectivity index (χ3v) is 5.08. The SMILES string of the molecule is CCC(OC1CCCC1)C(=O)N1CCc2ccc(C(=O)O)cc2C1. The number of carbonyl (C=O) groups excluding carboxylic acids is 1. The molecule has 5 nitrogen and oxygen atoms in total. The van der Waals surface area contributed by atoms with Crippen LogP contribution in [0.1, 0.15) is 60.5 Å². The monoisotopic (exact) mass is 331 g/mol. The van der Waals surface area contributed by atoms with Crippen molar-refractivity contribution in [3.63, 3.8) is 0 Å². The quantitative estimate of drug-likeness (QED) is 0.900. The highest BCUT2D eigenvalue weighted by molar-refractivity contribution is 5.88. The molecule has 1 aromatic rings. The van der Waals surface area contributed by atoms with Crippen LogP contribution in [-0.4, -0.2) is 40.6 Å². The van der Waals surface area contributed by atoms with E-state index in [1.165, 1.54) is 12.8 Å². The molecule has 1 aromatic carbocycles. The molecule has 0 bridgehead atoms. The molecule has 1 atom stereocenters. The van der Waals surface area contributed by atoms with Crippen molar-refractivity contribution in [3.05, 3.63) is 34.9 Å². The van der Waals surface area contributed by atoms with Gasteiger partial charge in [0, 0.05) is 13.1 Å². The first-order valence-corrected chi connectivity index (χ1v) is 8.87. The molecular formula is C19H25NO4. The zero-order valence-electron chi connectivity index (χ0n) is 14.2. The van der Waals surface area contributed by atoms with Crippen molar-refractivity contribution in [3.8, 4) is 0 Å². The summed E-state index contributed by atoms with van der Waals surface area (Å²) < 4.78 is 6.04. The number of hydrogen-bond acceptors (Lipinski definition) is 3. The Morgan fingerprint density at radius 2 is 2.04 bits per heavy atom. The fourth-order valence-electron chi connectivity index (χ4n) is 3.67. The fourth-order valence-corrected chi connectivity index (χ4v) is 3.67. The minimum Gasteiger partial charge on any atom is -0.478 e. The Morgan fingerprint density at radius 3 is 2.71 bits per heavy atom. The summed E-state index contributed by atoms with van der Waals surface area (Å²) in [5.74, 6) is -0.895. The zero-order chi connectivity index (χ0) is 17.1. The third kappa shape index (κ3) is 3.61. The number of amides is 1. The van der Waals surface area contributed by atoms with Crippen LogP contribution < -0.4 is 0 Å². The van der Waals surface area contributed by atoms with Crippen molar-refractivity contribution in [2.24, 2.45) is 0 Å². The number of carboxylic acids is 1. The van der Waals surface area contributed by atoms with Crippen LogP contribution in [0.5, 0.6) is 0 Å². The van der Waals surface area contributed by atoms with E-state index in [2.05, 4.69) is 0 Å². The summed E-state index contributed by atoms with van der Waals surface area (Å²) >= 11 is 0. The van der Waals surface area contributed by atoms with Crippen molar-refractivity contribution in [2.45, 2.75) is 64.2 Å². The molecule has 1 N–H and O–H groups in total. The first-order chi connectivity index (χ1) is 11.6. The lowest BCUT2D eigenvalue weighted by Crippen LogP contribution is -2.44. The molecular weight excluding hydrogens is 306 g/mol. The molecule has 0 saturated heterocycles. The largest absolute Gasteiger partial charge is 0.478 e. The van der Waals surface area contributed by atoms with E-state index < -0.39 is 5.97 Å². The van der Waals surface area contributed by atoms with E-state index in [4.69, 9.17) is 9.84 Å². The minimum atomic E-state index is -0.933. The van der Waals surface area contributed by atoms with Gasteiger partial charge in [0.1, 0.15) is 6.10 Å². The van der Waals surface area contributed by atoms with Crippen molar-refractivity contribution in [1.82, 2.24) is 4.90 Å². The van der Waals surface area contributed by atoms with E-state index in [1.807, 2.05) is 17.9 Å². The zero-order valence-corrected chi connectivity index (χ0v) is 14.2. The van der Waals surface area contributed by atoms with Crippen molar-refractivity contribution < 1.29 is 19.4 Å². The lowest BCUT2D eigenvalue weighted by molar-refractivity contribution is -0.148. The fraction of sp³-hybridized carbons (Fsp3) is 0.579. The highest BCUT2D eigenvalue weighted by atomic mass is 16.5. The predicted molar refractivity (Wildman–Crippen MR) is 89.9 cm³/mol. The normalized spacial score (nSPS) is 19.1. The van der Waals surface area contributed by atoms with Gasteiger partial charge in [0.2, 0.25) is 0 Å². The number of aromatic carboxylic acids is 1. The summed E-state index contributed by atoms with van der Waals surface area (Å²) in [6.07, 6.45) is 5.75. The number of ether oxygens (including phenoxy) is 1. The number of hydrogen-bond donors (Lipinski definition) is 1. The average Bonchev–Trinajstić information content (AvgIpc) is 3.11. The molecule has 1 aliphatic heterocycles. The van der Waals surface area contributed by atoms with Gasteiger partial charge in [0.25, 0.3) is 5.91 Å². The summed E-state index contributed by atoms with van der Waals surface area (Å²) in [4.78, 5) is 25.8. The van der Waals surface area contributed by atoms with Crippen LogP contribution in [0.4, 0.5) is 0 Å². The van der Waals surface area contributed by atoms with Crippen molar-refractivity contribution in [2.75, 3.05) is 6.54 Å². The Bertz CT molecular complexity index is 622.